The highest BCUT2D eigenvalue weighted by atomic mass is 16.4. The van der Waals surface area contributed by atoms with Crippen molar-refractivity contribution in [3.8, 4) is 0 Å². The number of benzene rings is 3. The van der Waals surface area contributed by atoms with E-state index in [1.54, 1.807) is 0 Å². The van der Waals surface area contributed by atoms with Crippen molar-refractivity contribution < 1.29 is 39.3 Å². The summed E-state index contributed by atoms with van der Waals surface area (Å²) in [4.78, 5) is 87.3. The lowest BCUT2D eigenvalue weighted by Gasteiger charge is -2.34. The Bertz CT molecular complexity index is 3410. The smallest absolute Gasteiger partial charge is 0.325 e. The molecular formula is C80H100N8O8. The standard InChI is InChI=1S/2C27H33N3O3.C26H34N2O2/c2*31-26(22-14-17-30(18-22)25(27(32)33)21-7-2-1-3-8-21)29-15-12-20(13-16-29)24-11-10-19-6-4-5-9-23(19)28-24;29-26(30)25(22-11-4-2-5-12-22)28-18-17-20(19-28)9-3-1-6-13-23-16-15-21-10-7-8-14-24(21)27-23/h2*1-3,7-8,10-11,20,22,25H,4-6,9,12-18H2,(H,32,33);2,4-5,11-12,15-16,20,25H,1,3,6-10,13-14,17-19H2,(H,29,30)/t22-,25+;22-,25-;20-,25?/m111/s1. The minimum absolute atomic E-state index is 0.117. The van der Waals surface area contributed by atoms with Gasteiger partial charge in [-0.3, -0.25) is 53.6 Å². The minimum atomic E-state index is -0.854. The lowest BCUT2D eigenvalue weighted by molar-refractivity contribution is -0.144. The van der Waals surface area contributed by atoms with Gasteiger partial charge in [0.1, 0.15) is 18.1 Å². The molecule has 5 fully saturated rings. The highest BCUT2D eigenvalue weighted by Crippen LogP contribution is 2.37. The molecule has 0 spiro atoms. The molecule has 8 aliphatic rings. The largest absolute Gasteiger partial charge is 0.480 e. The van der Waals surface area contributed by atoms with E-state index in [-0.39, 0.29) is 23.7 Å². The number of nitrogens with zero attached hydrogens (tertiary/aromatic N) is 8. The van der Waals surface area contributed by atoms with Gasteiger partial charge in [0.05, 0.1) is 11.8 Å². The van der Waals surface area contributed by atoms with E-state index in [0.717, 1.165) is 139 Å². The Morgan fingerprint density at radius 3 is 1.18 bits per heavy atom. The molecule has 3 aliphatic carbocycles. The molecule has 3 N–H and O–H groups in total. The number of carbonyl (C=O) groups is 5. The van der Waals surface area contributed by atoms with Crippen LogP contribution in [0.5, 0.6) is 0 Å². The van der Waals surface area contributed by atoms with Crippen LogP contribution in [0.1, 0.15) is 207 Å². The molecule has 5 aliphatic heterocycles. The predicted octanol–water partition coefficient (Wildman–Crippen LogP) is 12.8. The Kier molecular flexibility index (Phi) is 23.5. The predicted molar refractivity (Wildman–Crippen MR) is 371 cm³/mol. The average Bonchev–Trinajstić information content (AvgIpc) is 1.64. The number of piperidine rings is 2. The van der Waals surface area contributed by atoms with Crippen LogP contribution in [0.2, 0.25) is 0 Å². The fourth-order valence-corrected chi connectivity index (χ4v) is 16.9. The number of rotatable bonds is 19. The van der Waals surface area contributed by atoms with Crippen LogP contribution < -0.4 is 0 Å². The number of amides is 2. The fourth-order valence-electron chi connectivity index (χ4n) is 16.9. The van der Waals surface area contributed by atoms with E-state index in [2.05, 4.69) is 41.3 Å². The van der Waals surface area contributed by atoms with Crippen LogP contribution in [0.25, 0.3) is 0 Å². The molecule has 6 atom stereocenters. The van der Waals surface area contributed by atoms with Gasteiger partial charge in [0.15, 0.2) is 0 Å². The van der Waals surface area contributed by atoms with Gasteiger partial charge in [-0.2, -0.15) is 0 Å². The maximum atomic E-state index is 13.2. The van der Waals surface area contributed by atoms with E-state index >= 15 is 0 Å². The van der Waals surface area contributed by atoms with Gasteiger partial charge in [0, 0.05) is 105 Å². The van der Waals surface area contributed by atoms with Gasteiger partial charge >= 0.3 is 17.9 Å². The summed E-state index contributed by atoms with van der Waals surface area (Å²) >= 11 is 0. The van der Waals surface area contributed by atoms with Crippen molar-refractivity contribution >= 4 is 29.7 Å². The minimum Gasteiger partial charge on any atom is -0.480 e. The van der Waals surface area contributed by atoms with Crippen LogP contribution in [-0.2, 0) is 68.9 Å². The summed E-state index contributed by atoms with van der Waals surface area (Å²) in [7, 11) is 0. The van der Waals surface area contributed by atoms with Crippen LogP contribution in [0.15, 0.2) is 127 Å². The second-order valence-electron chi connectivity index (χ2n) is 28.6. The molecule has 3 aromatic carbocycles. The molecule has 16 nitrogen and oxygen atoms in total. The van der Waals surface area contributed by atoms with Gasteiger partial charge in [-0.05, 0) is 205 Å². The molecule has 8 heterocycles. The van der Waals surface area contributed by atoms with E-state index in [9.17, 15) is 39.3 Å². The van der Waals surface area contributed by atoms with Crippen LogP contribution in [0, 0.1) is 17.8 Å². The van der Waals surface area contributed by atoms with Crippen molar-refractivity contribution in [2.24, 2.45) is 17.8 Å². The molecule has 0 radical (unpaired) electrons. The van der Waals surface area contributed by atoms with Crippen LogP contribution >= 0.6 is 0 Å². The third kappa shape index (κ3) is 17.2. The number of carboxylic acid groups (broad SMARTS) is 3. The summed E-state index contributed by atoms with van der Waals surface area (Å²) in [5.41, 5.74) is 14.3. The fraction of sp³-hybridized carbons (Fsp3) is 0.525. The summed E-state index contributed by atoms with van der Waals surface area (Å²) in [5.74, 6) is -0.829. The molecule has 0 saturated carbocycles. The topological polar surface area (TPSA) is 201 Å². The number of fused-ring (bicyclic) bond motifs is 3. The van der Waals surface area contributed by atoms with Crippen molar-refractivity contribution in [2.45, 2.75) is 184 Å². The van der Waals surface area contributed by atoms with E-state index in [1.807, 2.05) is 111 Å². The maximum Gasteiger partial charge on any atom is 0.325 e. The first-order chi connectivity index (χ1) is 46.9. The highest BCUT2D eigenvalue weighted by Gasteiger charge is 2.41. The monoisotopic (exact) mass is 1300 g/mol. The molecule has 5 saturated heterocycles. The lowest BCUT2D eigenvalue weighted by Crippen LogP contribution is -2.42. The Morgan fingerprint density at radius 1 is 0.385 bits per heavy atom. The molecule has 508 valence electrons. The summed E-state index contributed by atoms with van der Waals surface area (Å²) in [6.07, 6.45) is 26.8. The van der Waals surface area contributed by atoms with Crippen molar-refractivity contribution in [1.82, 2.24) is 39.5 Å². The molecule has 14 rings (SSSR count). The number of likely N-dealkylation sites (tertiary alicyclic amines) is 5. The van der Waals surface area contributed by atoms with Gasteiger partial charge in [0.2, 0.25) is 11.8 Å². The zero-order valence-corrected chi connectivity index (χ0v) is 56.2. The molecule has 96 heavy (non-hydrogen) atoms. The SMILES string of the molecule is O=C(O)C(c1ccccc1)N1CC[C@@H](CCCCCc2ccc3c(n2)CCCC3)C1.O=C(O)[C@@H](c1ccccc1)N1CC[C@@H](C(=O)N2CCC(c3ccc4c(n3)CCCC4)CC2)C1.O=C(O)[C@H](c1ccccc1)N1CC[C@@H](C(=O)N2CCC(c3ccc4c(n3)CCCC4)CC2)C1. The van der Waals surface area contributed by atoms with Crippen molar-refractivity contribution in [1.29, 1.82) is 0 Å². The molecule has 6 aromatic rings. The van der Waals surface area contributed by atoms with E-state index in [1.165, 1.54) is 121 Å². The number of unbranched alkanes of at least 4 members (excludes halogenated alkanes) is 2. The summed E-state index contributed by atoms with van der Waals surface area (Å²) in [6.45, 7) is 7.14. The van der Waals surface area contributed by atoms with Crippen LogP contribution in [0.4, 0.5) is 0 Å². The summed E-state index contributed by atoms with van der Waals surface area (Å²) in [5, 5.41) is 29.4. The maximum absolute atomic E-state index is 13.2. The number of hydrogen-bond donors (Lipinski definition) is 3. The quantitative estimate of drug-likeness (QED) is 0.0647. The number of aliphatic carboxylic acids is 3. The number of pyridine rings is 3. The molecule has 2 amide bonds. The van der Waals surface area contributed by atoms with Crippen LogP contribution in [-0.4, -0.2) is 150 Å². The molecule has 1 unspecified atom stereocenters. The van der Waals surface area contributed by atoms with Gasteiger partial charge < -0.3 is 25.1 Å². The van der Waals surface area contributed by atoms with Crippen molar-refractivity contribution in [3.05, 3.63) is 195 Å². The normalized spacial score (nSPS) is 21.9. The first kappa shape index (κ1) is 68.3. The molecular weight excluding hydrogens is 1200 g/mol. The Hall–Kier alpha value is -7.66. The first-order valence-corrected chi connectivity index (χ1v) is 36.5. The third-order valence-electron chi connectivity index (χ3n) is 22.2. The zero-order chi connectivity index (χ0) is 66.3. The molecule has 0 bridgehead atoms. The Morgan fingerprint density at radius 2 is 0.760 bits per heavy atom. The van der Waals surface area contributed by atoms with Crippen molar-refractivity contribution in [2.75, 3.05) is 65.4 Å². The van der Waals surface area contributed by atoms with Crippen LogP contribution in [0.3, 0.4) is 0 Å². The van der Waals surface area contributed by atoms with Gasteiger partial charge in [-0.25, -0.2) is 0 Å². The second-order valence-corrected chi connectivity index (χ2v) is 28.6. The number of carboxylic acids is 3. The second kappa shape index (κ2) is 33.1. The zero-order valence-electron chi connectivity index (χ0n) is 56.2. The average molecular weight is 1300 g/mol. The summed E-state index contributed by atoms with van der Waals surface area (Å²) in [6, 6.07) is 39.9. The Labute approximate surface area is 567 Å². The lowest BCUT2D eigenvalue weighted by atomic mass is 9.90. The highest BCUT2D eigenvalue weighted by molar-refractivity contribution is 5.81. The Balaban J connectivity index is 0.000000138. The number of carbonyl (C=O) groups excluding carboxylic acids is 2. The number of aromatic nitrogens is 3. The number of hydrogen-bond acceptors (Lipinski definition) is 11. The van der Waals surface area contributed by atoms with E-state index < -0.39 is 36.0 Å². The van der Waals surface area contributed by atoms with E-state index in [4.69, 9.17) is 15.0 Å². The molecule has 3 aromatic heterocycles. The van der Waals surface area contributed by atoms with Gasteiger partial charge in [-0.15, -0.1) is 0 Å². The van der Waals surface area contributed by atoms with Crippen molar-refractivity contribution in [3.63, 3.8) is 0 Å². The number of aryl methyl sites for hydroxylation is 7. The first-order valence-electron chi connectivity index (χ1n) is 36.5. The van der Waals surface area contributed by atoms with Gasteiger partial charge in [0.25, 0.3) is 0 Å². The third-order valence-corrected chi connectivity index (χ3v) is 22.2. The summed E-state index contributed by atoms with van der Waals surface area (Å²) < 4.78 is 0. The van der Waals surface area contributed by atoms with Gasteiger partial charge in [-0.1, -0.05) is 122 Å². The molecule has 16 heteroatoms. The van der Waals surface area contributed by atoms with E-state index in [0.29, 0.717) is 43.9 Å².